The van der Waals surface area contributed by atoms with Crippen molar-refractivity contribution in [3.05, 3.63) is 34.9 Å². The Balaban J connectivity index is 3.05. The lowest BCUT2D eigenvalue weighted by Gasteiger charge is -2.34. The third kappa shape index (κ3) is 2.74. The normalized spacial score (nSPS) is 16.8. The molecule has 4 N–H and O–H groups in total. The highest BCUT2D eigenvalue weighted by Crippen LogP contribution is 2.30. The molecule has 1 aromatic carbocycles. The second-order valence-corrected chi connectivity index (χ2v) is 4.59. The Hall–Kier alpha value is -0.610. The van der Waals surface area contributed by atoms with Crippen molar-refractivity contribution in [2.24, 2.45) is 5.73 Å². The van der Waals surface area contributed by atoms with Crippen LogP contribution in [-0.4, -0.2) is 24.9 Å². The van der Waals surface area contributed by atoms with E-state index in [4.69, 9.17) is 17.3 Å². The number of nitrogens with two attached hydrogens (primary N) is 1. The molecule has 16 heavy (non-hydrogen) atoms. The molecule has 0 amide bonds. The third-order valence-electron chi connectivity index (χ3n) is 3.04. The van der Waals surface area contributed by atoms with E-state index in [9.17, 15) is 5.11 Å². The van der Waals surface area contributed by atoms with Crippen molar-refractivity contribution >= 4 is 11.6 Å². The third-order valence-corrected chi connectivity index (χ3v) is 3.30. The first kappa shape index (κ1) is 13.5. The van der Waals surface area contributed by atoms with E-state index >= 15 is 0 Å². The SMILES string of the molecule is CNC(O)C(C)(CCN)c1ccc(Cl)cc1. The molecule has 0 saturated heterocycles. The first-order valence-electron chi connectivity index (χ1n) is 5.36. The number of benzene rings is 1. The van der Waals surface area contributed by atoms with Gasteiger partial charge >= 0.3 is 0 Å². The van der Waals surface area contributed by atoms with Gasteiger partial charge in [-0.1, -0.05) is 30.7 Å². The fraction of sp³-hybridized carbons (Fsp3) is 0.500. The molecule has 0 saturated carbocycles. The van der Waals surface area contributed by atoms with Gasteiger partial charge in [0.2, 0.25) is 0 Å². The predicted octanol–water partition coefficient (Wildman–Crippen LogP) is 1.48. The minimum absolute atomic E-state index is 0.395. The average Bonchev–Trinajstić information content (AvgIpc) is 2.29. The number of nitrogens with one attached hydrogen (secondary N) is 1. The number of rotatable bonds is 5. The molecule has 1 aromatic rings. The van der Waals surface area contributed by atoms with Crippen LogP contribution >= 0.6 is 11.6 Å². The topological polar surface area (TPSA) is 58.3 Å². The van der Waals surface area contributed by atoms with Gasteiger partial charge in [-0.3, -0.25) is 5.32 Å². The molecule has 2 unspecified atom stereocenters. The monoisotopic (exact) mass is 242 g/mol. The van der Waals surface area contributed by atoms with Crippen molar-refractivity contribution in [2.45, 2.75) is 25.0 Å². The first-order chi connectivity index (χ1) is 7.54. The molecular formula is C12H19ClN2O. The smallest absolute Gasteiger partial charge is 0.114 e. The first-order valence-corrected chi connectivity index (χ1v) is 5.74. The Morgan fingerprint density at radius 3 is 2.44 bits per heavy atom. The molecule has 0 aliphatic rings. The lowest BCUT2D eigenvalue weighted by atomic mass is 9.78. The molecule has 4 heteroatoms. The molecule has 0 radical (unpaired) electrons. The van der Waals surface area contributed by atoms with E-state index in [1.807, 2.05) is 31.2 Å². The number of halogens is 1. The number of hydrogen-bond donors (Lipinski definition) is 3. The molecular weight excluding hydrogens is 224 g/mol. The van der Waals surface area contributed by atoms with E-state index in [2.05, 4.69) is 5.32 Å². The number of hydrogen-bond acceptors (Lipinski definition) is 3. The molecule has 3 nitrogen and oxygen atoms in total. The highest BCUT2D eigenvalue weighted by Gasteiger charge is 2.33. The van der Waals surface area contributed by atoms with Gasteiger partial charge in [-0.2, -0.15) is 0 Å². The maximum Gasteiger partial charge on any atom is 0.114 e. The Morgan fingerprint density at radius 1 is 1.44 bits per heavy atom. The minimum Gasteiger partial charge on any atom is -0.378 e. The Labute approximate surface area is 102 Å². The van der Waals surface area contributed by atoms with Gasteiger partial charge in [0.25, 0.3) is 0 Å². The van der Waals surface area contributed by atoms with E-state index in [0.717, 1.165) is 5.56 Å². The summed E-state index contributed by atoms with van der Waals surface area (Å²) in [6.45, 7) is 2.52. The summed E-state index contributed by atoms with van der Waals surface area (Å²) in [5.74, 6) is 0. The fourth-order valence-corrected chi connectivity index (χ4v) is 2.01. The summed E-state index contributed by atoms with van der Waals surface area (Å²) in [6, 6.07) is 7.51. The van der Waals surface area contributed by atoms with Crippen LogP contribution in [0.4, 0.5) is 0 Å². The van der Waals surface area contributed by atoms with Crippen LogP contribution in [0.3, 0.4) is 0 Å². The van der Waals surface area contributed by atoms with Gasteiger partial charge in [-0.15, -0.1) is 0 Å². The standard InChI is InChI=1S/C12H19ClN2O/c1-12(7-8-14,11(16)15-2)9-3-5-10(13)6-4-9/h3-6,11,15-16H,7-8,14H2,1-2H3. The van der Waals surface area contributed by atoms with Gasteiger partial charge in [0.05, 0.1) is 0 Å². The molecule has 0 aromatic heterocycles. The zero-order chi connectivity index (χ0) is 12.2. The zero-order valence-electron chi connectivity index (χ0n) is 9.70. The van der Waals surface area contributed by atoms with Crippen LogP contribution in [0.2, 0.25) is 5.02 Å². The van der Waals surface area contributed by atoms with E-state index in [-0.39, 0.29) is 0 Å². The van der Waals surface area contributed by atoms with E-state index in [0.29, 0.717) is 18.0 Å². The van der Waals surface area contributed by atoms with E-state index in [1.165, 1.54) is 0 Å². The number of aliphatic hydroxyl groups excluding tert-OH is 1. The van der Waals surface area contributed by atoms with Crippen LogP contribution in [0.5, 0.6) is 0 Å². The van der Waals surface area contributed by atoms with Crippen molar-refractivity contribution in [3.8, 4) is 0 Å². The number of likely N-dealkylation sites (N-methyl/N-ethyl adjacent to an activating group) is 1. The number of aliphatic hydroxyl groups is 1. The molecule has 0 heterocycles. The van der Waals surface area contributed by atoms with Gasteiger partial charge in [0, 0.05) is 10.4 Å². The van der Waals surface area contributed by atoms with Gasteiger partial charge in [-0.05, 0) is 37.7 Å². The van der Waals surface area contributed by atoms with Gasteiger partial charge in [-0.25, -0.2) is 0 Å². The highest BCUT2D eigenvalue weighted by molar-refractivity contribution is 6.30. The van der Waals surface area contributed by atoms with Crippen LogP contribution in [0, 0.1) is 0 Å². The highest BCUT2D eigenvalue weighted by atomic mass is 35.5. The Bertz CT molecular complexity index is 328. The molecule has 0 aliphatic carbocycles. The van der Waals surface area contributed by atoms with Gasteiger partial charge in [0.15, 0.2) is 0 Å². The van der Waals surface area contributed by atoms with Crippen molar-refractivity contribution in [1.29, 1.82) is 0 Å². The summed E-state index contributed by atoms with van der Waals surface area (Å²) in [6.07, 6.45) is 0.0774. The fourth-order valence-electron chi connectivity index (χ4n) is 1.89. The molecule has 0 spiro atoms. The lowest BCUT2D eigenvalue weighted by molar-refractivity contribution is 0.0616. The summed E-state index contributed by atoms with van der Waals surface area (Å²) >= 11 is 5.85. The molecule has 0 aliphatic heterocycles. The summed E-state index contributed by atoms with van der Waals surface area (Å²) in [5, 5.41) is 13.6. The van der Waals surface area contributed by atoms with Crippen LogP contribution < -0.4 is 11.1 Å². The summed E-state index contributed by atoms with van der Waals surface area (Å²) in [7, 11) is 1.73. The summed E-state index contributed by atoms with van der Waals surface area (Å²) < 4.78 is 0. The average molecular weight is 243 g/mol. The lowest BCUT2D eigenvalue weighted by Crippen LogP contribution is -2.46. The van der Waals surface area contributed by atoms with Crippen LogP contribution in [0.25, 0.3) is 0 Å². The summed E-state index contributed by atoms with van der Waals surface area (Å²) in [5.41, 5.74) is 6.25. The molecule has 90 valence electrons. The zero-order valence-corrected chi connectivity index (χ0v) is 10.5. The largest absolute Gasteiger partial charge is 0.378 e. The van der Waals surface area contributed by atoms with E-state index < -0.39 is 11.6 Å². The Kier molecular flexibility index (Phi) is 4.74. The quantitative estimate of drug-likeness (QED) is 0.686. The molecule has 1 rings (SSSR count). The second kappa shape index (κ2) is 5.64. The molecule has 2 atom stereocenters. The minimum atomic E-state index is -0.628. The summed E-state index contributed by atoms with van der Waals surface area (Å²) in [4.78, 5) is 0. The second-order valence-electron chi connectivity index (χ2n) is 4.15. The van der Waals surface area contributed by atoms with Crippen LogP contribution in [0.1, 0.15) is 18.9 Å². The molecule has 0 fully saturated rings. The van der Waals surface area contributed by atoms with Gasteiger partial charge < -0.3 is 10.8 Å². The Morgan fingerprint density at radius 2 is 2.00 bits per heavy atom. The van der Waals surface area contributed by atoms with Crippen molar-refractivity contribution in [3.63, 3.8) is 0 Å². The van der Waals surface area contributed by atoms with E-state index in [1.54, 1.807) is 7.05 Å². The van der Waals surface area contributed by atoms with Crippen LogP contribution in [0.15, 0.2) is 24.3 Å². The van der Waals surface area contributed by atoms with Crippen LogP contribution in [-0.2, 0) is 5.41 Å². The van der Waals surface area contributed by atoms with Crippen molar-refractivity contribution < 1.29 is 5.11 Å². The molecule has 0 bridgehead atoms. The van der Waals surface area contributed by atoms with Crippen molar-refractivity contribution in [1.82, 2.24) is 5.32 Å². The maximum atomic E-state index is 10.0. The van der Waals surface area contributed by atoms with Gasteiger partial charge in [0.1, 0.15) is 6.23 Å². The van der Waals surface area contributed by atoms with Crippen molar-refractivity contribution in [2.75, 3.05) is 13.6 Å². The maximum absolute atomic E-state index is 10.0. The predicted molar refractivity (Wildman–Crippen MR) is 67.5 cm³/mol.